The number of aryl methyl sites for hydroxylation is 2. The van der Waals surface area contributed by atoms with Crippen molar-refractivity contribution in [1.29, 1.82) is 0 Å². The zero-order valence-corrected chi connectivity index (χ0v) is 11.8. The molecule has 0 fully saturated rings. The van der Waals surface area contributed by atoms with Crippen molar-refractivity contribution in [2.24, 2.45) is 0 Å². The molecule has 0 saturated carbocycles. The number of hydrogen-bond donors (Lipinski definition) is 2. The van der Waals surface area contributed by atoms with E-state index in [4.69, 9.17) is 5.73 Å². The number of nitrogen functional groups attached to an aromatic ring is 1. The van der Waals surface area contributed by atoms with Gasteiger partial charge in [-0.15, -0.1) is 0 Å². The number of phenolic OH excluding ortho intramolecular Hbond substituents is 1. The van der Waals surface area contributed by atoms with E-state index in [1.165, 1.54) is 23.1 Å². The van der Waals surface area contributed by atoms with Crippen molar-refractivity contribution in [2.75, 3.05) is 17.7 Å². The smallest absolute Gasteiger partial charge is 0.260 e. The number of phenols is 1. The van der Waals surface area contributed by atoms with E-state index in [2.05, 4.69) is 0 Å². The second kappa shape index (κ2) is 5.25. The van der Waals surface area contributed by atoms with Crippen LogP contribution in [-0.4, -0.2) is 18.1 Å². The maximum absolute atomic E-state index is 12.5. The quantitative estimate of drug-likeness (QED) is 0.651. The van der Waals surface area contributed by atoms with E-state index in [9.17, 15) is 9.90 Å². The van der Waals surface area contributed by atoms with Gasteiger partial charge in [-0.05, 0) is 55.3 Å². The normalized spacial score (nSPS) is 10.3. The van der Waals surface area contributed by atoms with Gasteiger partial charge >= 0.3 is 0 Å². The van der Waals surface area contributed by atoms with E-state index in [-0.39, 0.29) is 11.7 Å². The summed E-state index contributed by atoms with van der Waals surface area (Å²) in [6.07, 6.45) is 0. The molecule has 0 unspecified atom stereocenters. The van der Waals surface area contributed by atoms with Gasteiger partial charge in [0.25, 0.3) is 5.91 Å². The zero-order chi connectivity index (χ0) is 14.9. The van der Waals surface area contributed by atoms with E-state index in [1.54, 1.807) is 7.05 Å². The Balaban J connectivity index is 2.39. The molecule has 4 heteroatoms. The molecule has 0 spiro atoms. The highest BCUT2D eigenvalue weighted by Gasteiger charge is 2.17. The lowest BCUT2D eigenvalue weighted by atomic mass is 10.1. The number of amides is 1. The fraction of sp³-hybridized carbons (Fsp3) is 0.188. The summed E-state index contributed by atoms with van der Waals surface area (Å²) in [6.45, 7) is 3.97. The predicted octanol–water partition coefficient (Wildman–Crippen LogP) is 2.87. The van der Waals surface area contributed by atoms with E-state index >= 15 is 0 Å². The SMILES string of the molecule is Cc1cc(C)cc(N(C)C(=O)c2cc(O)ccc2N)c1. The molecule has 2 aromatic carbocycles. The van der Waals surface area contributed by atoms with Crippen molar-refractivity contribution in [3.63, 3.8) is 0 Å². The molecule has 0 radical (unpaired) electrons. The van der Waals surface area contributed by atoms with Crippen LogP contribution in [0.5, 0.6) is 5.75 Å². The third-order valence-electron chi connectivity index (χ3n) is 3.17. The molecular formula is C16H18N2O2. The molecule has 2 aromatic rings. The maximum atomic E-state index is 12.5. The van der Waals surface area contributed by atoms with Gasteiger partial charge in [-0.2, -0.15) is 0 Å². The van der Waals surface area contributed by atoms with Crippen LogP contribution in [-0.2, 0) is 0 Å². The molecule has 0 aliphatic rings. The summed E-state index contributed by atoms with van der Waals surface area (Å²) in [4.78, 5) is 14.0. The molecule has 0 aliphatic heterocycles. The van der Waals surface area contributed by atoms with Crippen LogP contribution in [0.4, 0.5) is 11.4 Å². The number of carbonyl (C=O) groups excluding carboxylic acids is 1. The molecule has 4 nitrogen and oxygen atoms in total. The first-order valence-corrected chi connectivity index (χ1v) is 6.33. The number of aromatic hydroxyl groups is 1. The lowest BCUT2D eigenvalue weighted by Crippen LogP contribution is -2.27. The Morgan fingerprint density at radius 2 is 1.70 bits per heavy atom. The number of nitrogens with zero attached hydrogens (tertiary/aromatic N) is 1. The molecule has 3 N–H and O–H groups in total. The highest BCUT2D eigenvalue weighted by atomic mass is 16.3. The Labute approximate surface area is 118 Å². The van der Waals surface area contributed by atoms with Gasteiger partial charge in [0, 0.05) is 18.4 Å². The van der Waals surface area contributed by atoms with Gasteiger partial charge in [-0.1, -0.05) is 6.07 Å². The summed E-state index contributed by atoms with van der Waals surface area (Å²) in [7, 11) is 1.69. The molecule has 0 aliphatic carbocycles. The summed E-state index contributed by atoms with van der Waals surface area (Å²) >= 11 is 0. The van der Waals surface area contributed by atoms with Gasteiger partial charge < -0.3 is 15.7 Å². The molecule has 104 valence electrons. The summed E-state index contributed by atoms with van der Waals surface area (Å²) in [5.74, 6) is -0.222. The van der Waals surface area contributed by atoms with Gasteiger partial charge in [0.2, 0.25) is 0 Å². The minimum Gasteiger partial charge on any atom is -0.508 e. The molecule has 0 bridgehead atoms. The average molecular weight is 270 g/mol. The van der Waals surface area contributed by atoms with Crippen LogP contribution in [0.25, 0.3) is 0 Å². The van der Waals surface area contributed by atoms with Gasteiger partial charge in [0.1, 0.15) is 5.75 Å². The fourth-order valence-electron chi connectivity index (χ4n) is 2.17. The second-order valence-corrected chi connectivity index (χ2v) is 4.98. The molecule has 0 aromatic heterocycles. The average Bonchev–Trinajstić information content (AvgIpc) is 2.38. The van der Waals surface area contributed by atoms with Gasteiger partial charge in [0.05, 0.1) is 5.56 Å². The van der Waals surface area contributed by atoms with Gasteiger partial charge in [0.15, 0.2) is 0 Å². The Kier molecular flexibility index (Phi) is 3.66. The van der Waals surface area contributed by atoms with Crippen molar-refractivity contribution in [2.45, 2.75) is 13.8 Å². The fourth-order valence-corrected chi connectivity index (χ4v) is 2.17. The standard InChI is InChI=1S/C16H18N2O2/c1-10-6-11(2)8-12(7-10)18(3)16(20)14-9-13(19)4-5-15(14)17/h4-9,19H,17H2,1-3H3. The zero-order valence-electron chi connectivity index (χ0n) is 11.8. The third kappa shape index (κ3) is 2.74. The molecule has 0 saturated heterocycles. The number of hydrogen-bond acceptors (Lipinski definition) is 3. The summed E-state index contributed by atoms with van der Waals surface area (Å²) < 4.78 is 0. The van der Waals surface area contributed by atoms with Crippen LogP contribution < -0.4 is 10.6 Å². The third-order valence-corrected chi connectivity index (χ3v) is 3.17. The summed E-state index contributed by atoms with van der Waals surface area (Å²) in [6, 6.07) is 10.3. The maximum Gasteiger partial charge on any atom is 0.260 e. The predicted molar refractivity (Wildman–Crippen MR) is 81.2 cm³/mol. The van der Waals surface area contributed by atoms with Gasteiger partial charge in [-0.3, -0.25) is 4.79 Å². The van der Waals surface area contributed by atoms with Crippen LogP contribution in [0.3, 0.4) is 0 Å². The first-order valence-electron chi connectivity index (χ1n) is 6.33. The Morgan fingerprint density at radius 3 is 2.30 bits per heavy atom. The van der Waals surface area contributed by atoms with Crippen molar-refractivity contribution < 1.29 is 9.90 Å². The van der Waals surface area contributed by atoms with Crippen LogP contribution >= 0.6 is 0 Å². The topological polar surface area (TPSA) is 66.6 Å². The lowest BCUT2D eigenvalue weighted by Gasteiger charge is -2.19. The minimum atomic E-state index is -0.247. The largest absolute Gasteiger partial charge is 0.508 e. The van der Waals surface area contributed by atoms with Crippen molar-refractivity contribution in [1.82, 2.24) is 0 Å². The highest BCUT2D eigenvalue weighted by molar-refractivity contribution is 6.09. The van der Waals surface area contributed by atoms with Crippen molar-refractivity contribution >= 4 is 17.3 Å². The molecule has 20 heavy (non-hydrogen) atoms. The Morgan fingerprint density at radius 1 is 1.10 bits per heavy atom. The number of benzene rings is 2. The van der Waals surface area contributed by atoms with E-state index in [0.29, 0.717) is 11.3 Å². The number of anilines is 2. The molecule has 2 rings (SSSR count). The van der Waals surface area contributed by atoms with Crippen LogP contribution in [0.1, 0.15) is 21.5 Å². The first-order chi connectivity index (χ1) is 9.38. The Bertz CT molecular complexity index is 645. The van der Waals surface area contributed by atoms with E-state index in [0.717, 1.165) is 16.8 Å². The van der Waals surface area contributed by atoms with Crippen LogP contribution in [0.15, 0.2) is 36.4 Å². The molecule has 1 amide bonds. The van der Waals surface area contributed by atoms with Crippen molar-refractivity contribution in [3.05, 3.63) is 53.1 Å². The lowest BCUT2D eigenvalue weighted by molar-refractivity contribution is 0.0993. The number of nitrogens with two attached hydrogens (primary N) is 1. The number of carbonyl (C=O) groups is 1. The Hall–Kier alpha value is -2.49. The van der Waals surface area contributed by atoms with E-state index < -0.39 is 0 Å². The van der Waals surface area contributed by atoms with Crippen LogP contribution in [0, 0.1) is 13.8 Å². The number of rotatable bonds is 2. The molecular weight excluding hydrogens is 252 g/mol. The minimum absolute atomic E-state index is 0.0244. The molecule has 0 heterocycles. The highest BCUT2D eigenvalue weighted by Crippen LogP contribution is 2.24. The molecule has 0 atom stereocenters. The first kappa shape index (κ1) is 13.9. The van der Waals surface area contributed by atoms with Crippen LogP contribution in [0.2, 0.25) is 0 Å². The monoisotopic (exact) mass is 270 g/mol. The second-order valence-electron chi connectivity index (χ2n) is 4.98. The summed E-state index contributed by atoms with van der Waals surface area (Å²) in [5.41, 5.74) is 9.43. The van der Waals surface area contributed by atoms with Crippen molar-refractivity contribution in [3.8, 4) is 5.75 Å². The summed E-state index contributed by atoms with van der Waals surface area (Å²) in [5, 5.41) is 9.50. The van der Waals surface area contributed by atoms with E-state index in [1.807, 2.05) is 32.0 Å². The van der Waals surface area contributed by atoms with Gasteiger partial charge in [-0.25, -0.2) is 0 Å².